The molecule has 2 heterocycles. The summed E-state index contributed by atoms with van der Waals surface area (Å²) in [7, 11) is 0. The number of pyridine rings is 1. The highest BCUT2D eigenvalue weighted by Crippen LogP contribution is 2.18. The van der Waals surface area contributed by atoms with Crippen molar-refractivity contribution in [2.75, 3.05) is 5.32 Å². The van der Waals surface area contributed by atoms with Crippen LogP contribution >= 0.6 is 22.9 Å². The van der Waals surface area contributed by atoms with Crippen molar-refractivity contribution in [3.63, 3.8) is 0 Å². The monoisotopic (exact) mass is 239 g/mol. The average Bonchev–Trinajstić information content (AvgIpc) is 2.70. The van der Waals surface area contributed by atoms with E-state index in [2.05, 4.69) is 15.3 Å². The lowest BCUT2D eigenvalue weighted by atomic mass is 10.2. The molecule has 0 aliphatic carbocycles. The third-order valence-electron chi connectivity index (χ3n) is 1.97. The highest BCUT2D eigenvalue weighted by atomic mass is 35.5. The Bertz CT molecular complexity index is 430. The van der Waals surface area contributed by atoms with Gasteiger partial charge in [0.1, 0.15) is 11.0 Å². The topological polar surface area (TPSA) is 37.8 Å². The first-order valence-corrected chi connectivity index (χ1v) is 5.85. The molecule has 1 N–H and O–H groups in total. The zero-order chi connectivity index (χ0) is 10.7. The van der Waals surface area contributed by atoms with E-state index in [0.29, 0.717) is 5.15 Å². The molecule has 0 bridgehead atoms. The van der Waals surface area contributed by atoms with Gasteiger partial charge in [0.15, 0.2) is 0 Å². The van der Waals surface area contributed by atoms with Crippen LogP contribution in [-0.4, -0.2) is 9.97 Å². The summed E-state index contributed by atoms with van der Waals surface area (Å²) in [5.74, 6) is 0.767. The molecule has 0 amide bonds. The van der Waals surface area contributed by atoms with Crippen LogP contribution in [0.25, 0.3) is 0 Å². The molecule has 78 valence electrons. The van der Waals surface area contributed by atoms with E-state index in [9.17, 15) is 0 Å². The van der Waals surface area contributed by atoms with Gasteiger partial charge in [0.2, 0.25) is 0 Å². The lowest BCUT2D eigenvalue weighted by molar-refractivity contribution is 0.842. The van der Waals surface area contributed by atoms with Crippen LogP contribution in [-0.2, 0) is 0 Å². The minimum Gasteiger partial charge on any atom is -0.362 e. The standard InChI is InChI=1S/C10H10ClN3S/c1-7(8-5-15-6-12-8)13-10-4-2-3-9(11)14-10/h2-7H,1H3,(H,13,14). The fourth-order valence-corrected chi connectivity index (χ4v) is 2.03. The van der Waals surface area contributed by atoms with Crippen LogP contribution in [0.5, 0.6) is 0 Å². The second kappa shape index (κ2) is 4.59. The molecule has 0 saturated heterocycles. The minimum absolute atomic E-state index is 0.141. The molecule has 2 aromatic rings. The first-order valence-electron chi connectivity index (χ1n) is 4.53. The van der Waals surface area contributed by atoms with Gasteiger partial charge in [-0.1, -0.05) is 17.7 Å². The number of nitrogens with one attached hydrogen (secondary N) is 1. The Labute approximate surface area is 97.2 Å². The second-order valence-corrected chi connectivity index (χ2v) is 4.23. The smallest absolute Gasteiger partial charge is 0.131 e. The van der Waals surface area contributed by atoms with Gasteiger partial charge < -0.3 is 5.32 Å². The van der Waals surface area contributed by atoms with Crippen molar-refractivity contribution in [2.45, 2.75) is 13.0 Å². The van der Waals surface area contributed by atoms with Crippen molar-refractivity contribution in [2.24, 2.45) is 0 Å². The number of thiazole rings is 1. The van der Waals surface area contributed by atoms with Crippen molar-refractivity contribution in [3.8, 4) is 0 Å². The maximum absolute atomic E-state index is 5.79. The zero-order valence-electron chi connectivity index (χ0n) is 8.14. The first-order chi connectivity index (χ1) is 7.25. The molecule has 15 heavy (non-hydrogen) atoms. The summed E-state index contributed by atoms with van der Waals surface area (Å²) in [6, 6.07) is 5.64. The zero-order valence-corrected chi connectivity index (χ0v) is 9.72. The van der Waals surface area contributed by atoms with Crippen molar-refractivity contribution in [3.05, 3.63) is 39.9 Å². The molecule has 0 saturated carbocycles. The molecule has 1 atom stereocenters. The number of anilines is 1. The molecule has 0 aliphatic rings. The van der Waals surface area contributed by atoms with E-state index < -0.39 is 0 Å². The molecular weight excluding hydrogens is 230 g/mol. The predicted molar refractivity (Wildman–Crippen MR) is 63.4 cm³/mol. The summed E-state index contributed by atoms with van der Waals surface area (Å²) in [4.78, 5) is 8.38. The Morgan fingerprint density at radius 1 is 1.47 bits per heavy atom. The minimum atomic E-state index is 0.141. The summed E-state index contributed by atoms with van der Waals surface area (Å²) in [5.41, 5.74) is 2.83. The van der Waals surface area contributed by atoms with E-state index in [1.54, 1.807) is 17.4 Å². The third kappa shape index (κ3) is 2.67. The lowest BCUT2D eigenvalue weighted by Crippen LogP contribution is -2.07. The Morgan fingerprint density at radius 2 is 2.33 bits per heavy atom. The van der Waals surface area contributed by atoms with E-state index in [0.717, 1.165) is 11.5 Å². The van der Waals surface area contributed by atoms with Crippen LogP contribution in [0.1, 0.15) is 18.7 Å². The Kier molecular flexibility index (Phi) is 3.18. The quantitative estimate of drug-likeness (QED) is 0.835. The number of aromatic nitrogens is 2. The van der Waals surface area contributed by atoms with Crippen LogP contribution < -0.4 is 5.32 Å². The molecule has 0 aromatic carbocycles. The van der Waals surface area contributed by atoms with Gasteiger partial charge in [-0.25, -0.2) is 9.97 Å². The van der Waals surface area contributed by atoms with Gasteiger partial charge in [0.25, 0.3) is 0 Å². The van der Waals surface area contributed by atoms with Crippen LogP contribution in [0, 0.1) is 0 Å². The SMILES string of the molecule is CC(Nc1cccc(Cl)n1)c1cscn1. The maximum atomic E-state index is 5.79. The van der Waals surface area contributed by atoms with Crippen LogP contribution in [0.3, 0.4) is 0 Å². The fraction of sp³-hybridized carbons (Fsp3) is 0.200. The van der Waals surface area contributed by atoms with E-state index in [1.165, 1.54) is 0 Å². The van der Waals surface area contributed by atoms with Crippen molar-refractivity contribution in [1.29, 1.82) is 0 Å². The number of nitrogens with zero attached hydrogens (tertiary/aromatic N) is 2. The van der Waals surface area contributed by atoms with Gasteiger partial charge >= 0.3 is 0 Å². The Morgan fingerprint density at radius 3 is 3.00 bits per heavy atom. The molecule has 0 fully saturated rings. The molecule has 2 aromatic heterocycles. The van der Waals surface area contributed by atoms with Gasteiger partial charge in [-0.2, -0.15) is 0 Å². The number of hydrogen-bond acceptors (Lipinski definition) is 4. The van der Waals surface area contributed by atoms with Gasteiger partial charge in [0, 0.05) is 5.38 Å². The number of rotatable bonds is 3. The molecule has 2 rings (SSSR count). The lowest BCUT2D eigenvalue weighted by Gasteiger charge is -2.11. The van der Waals surface area contributed by atoms with Crippen molar-refractivity contribution < 1.29 is 0 Å². The van der Waals surface area contributed by atoms with E-state index in [4.69, 9.17) is 11.6 Å². The first kappa shape index (κ1) is 10.4. The summed E-state index contributed by atoms with van der Waals surface area (Å²) in [5, 5.41) is 5.74. The summed E-state index contributed by atoms with van der Waals surface area (Å²) >= 11 is 7.37. The van der Waals surface area contributed by atoms with Crippen molar-refractivity contribution >= 4 is 28.8 Å². The summed E-state index contributed by atoms with van der Waals surface area (Å²) in [6.07, 6.45) is 0. The molecule has 0 spiro atoms. The Hall–Kier alpha value is -1.13. The van der Waals surface area contributed by atoms with E-state index in [1.807, 2.05) is 29.9 Å². The van der Waals surface area contributed by atoms with Crippen LogP contribution in [0.4, 0.5) is 5.82 Å². The molecule has 3 nitrogen and oxygen atoms in total. The summed E-state index contributed by atoms with van der Waals surface area (Å²) in [6.45, 7) is 2.04. The second-order valence-electron chi connectivity index (χ2n) is 3.12. The molecule has 0 radical (unpaired) electrons. The van der Waals surface area contributed by atoms with Crippen LogP contribution in [0.15, 0.2) is 29.1 Å². The fourth-order valence-electron chi connectivity index (χ4n) is 1.22. The van der Waals surface area contributed by atoms with Gasteiger partial charge in [0.05, 0.1) is 17.2 Å². The third-order valence-corrected chi connectivity index (χ3v) is 2.79. The molecule has 0 aliphatic heterocycles. The number of hydrogen-bond donors (Lipinski definition) is 1. The highest BCUT2D eigenvalue weighted by molar-refractivity contribution is 7.07. The predicted octanol–water partition coefficient (Wildman–Crippen LogP) is 3.36. The van der Waals surface area contributed by atoms with E-state index in [-0.39, 0.29) is 6.04 Å². The van der Waals surface area contributed by atoms with Gasteiger partial charge in [-0.05, 0) is 19.1 Å². The normalized spacial score (nSPS) is 12.4. The molecular formula is C10H10ClN3S. The highest BCUT2D eigenvalue weighted by Gasteiger charge is 2.07. The van der Waals surface area contributed by atoms with Gasteiger partial charge in [-0.3, -0.25) is 0 Å². The molecule has 1 unspecified atom stereocenters. The summed E-state index contributed by atoms with van der Waals surface area (Å²) < 4.78 is 0. The molecule has 5 heteroatoms. The van der Waals surface area contributed by atoms with E-state index >= 15 is 0 Å². The van der Waals surface area contributed by atoms with Crippen molar-refractivity contribution in [1.82, 2.24) is 9.97 Å². The largest absolute Gasteiger partial charge is 0.362 e. The average molecular weight is 240 g/mol. The number of halogens is 1. The maximum Gasteiger partial charge on any atom is 0.131 e. The van der Waals surface area contributed by atoms with Gasteiger partial charge in [-0.15, -0.1) is 11.3 Å². The van der Waals surface area contributed by atoms with Crippen LogP contribution in [0.2, 0.25) is 5.15 Å². The Balaban J connectivity index is 2.09.